The van der Waals surface area contributed by atoms with Gasteiger partial charge in [-0.15, -0.1) is 0 Å². The first kappa shape index (κ1) is 20.8. The van der Waals surface area contributed by atoms with Crippen LogP contribution in [0.1, 0.15) is 35.4 Å². The summed E-state index contributed by atoms with van der Waals surface area (Å²) in [5, 5.41) is 16.5. The smallest absolute Gasteiger partial charge is 0.139 e. The number of aromatic hydroxyl groups is 1. The lowest BCUT2D eigenvalue weighted by Gasteiger charge is -2.14. The van der Waals surface area contributed by atoms with E-state index in [1.54, 1.807) is 0 Å². The van der Waals surface area contributed by atoms with Crippen LogP contribution in [-0.4, -0.2) is 14.7 Å². The number of nitrogens with zero attached hydrogens (tertiary/aromatic N) is 2. The van der Waals surface area contributed by atoms with Crippen LogP contribution in [0, 0.1) is 6.92 Å². The molecule has 0 bridgehead atoms. The van der Waals surface area contributed by atoms with E-state index >= 15 is 0 Å². The molecule has 0 saturated carbocycles. The molecule has 1 aliphatic rings. The first-order chi connectivity index (χ1) is 16.7. The summed E-state index contributed by atoms with van der Waals surface area (Å²) in [7, 11) is 0. The lowest BCUT2D eigenvalue weighted by Crippen LogP contribution is -2.01. The van der Waals surface area contributed by atoms with Crippen LogP contribution < -0.4 is 5.32 Å². The first-order valence-corrected chi connectivity index (χ1v) is 12.2. The van der Waals surface area contributed by atoms with Crippen molar-refractivity contribution in [1.29, 1.82) is 0 Å². The van der Waals surface area contributed by atoms with E-state index < -0.39 is 0 Å². The zero-order chi connectivity index (χ0) is 23.1. The van der Waals surface area contributed by atoms with Gasteiger partial charge in [-0.2, -0.15) is 0 Å². The second-order valence-electron chi connectivity index (χ2n) is 9.32. The fraction of sp³-hybridized carbons (Fsp3) is 0.233. The minimum atomic E-state index is 0.519. The number of benzene rings is 3. The number of hydrogen-bond acceptors (Lipinski definition) is 3. The number of aromatic nitrogens is 2. The summed E-state index contributed by atoms with van der Waals surface area (Å²) in [5.41, 5.74) is 9.02. The zero-order valence-corrected chi connectivity index (χ0v) is 19.5. The molecule has 5 aromatic rings. The maximum Gasteiger partial charge on any atom is 0.139 e. The highest BCUT2D eigenvalue weighted by atomic mass is 16.3. The lowest BCUT2D eigenvalue weighted by atomic mass is 10.0. The summed E-state index contributed by atoms with van der Waals surface area (Å²) in [5.74, 6) is 0.519. The Balaban J connectivity index is 1.19. The second-order valence-corrected chi connectivity index (χ2v) is 9.32. The third-order valence-corrected chi connectivity index (χ3v) is 7.20. The van der Waals surface area contributed by atoms with E-state index in [1.165, 1.54) is 17.7 Å². The number of para-hydroxylation sites is 2. The molecule has 3 heterocycles. The Labute approximate surface area is 199 Å². The van der Waals surface area contributed by atoms with E-state index in [9.17, 15) is 5.11 Å². The fourth-order valence-electron chi connectivity index (χ4n) is 5.43. The first-order valence-electron chi connectivity index (χ1n) is 12.2. The second kappa shape index (κ2) is 8.53. The molecular formula is C30H29N3O. The van der Waals surface area contributed by atoms with Crippen LogP contribution in [0.5, 0.6) is 5.75 Å². The Morgan fingerprint density at radius 2 is 1.56 bits per heavy atom. The number of pyridine rings is 1. The number of aryl methyl sites for hydroxylation is 1. The molecule has 170 valence electrons. The van der Waals surface area contributed by atoms with Crippen LogP contribution in [0.25, 0.3) is 21.8 Å². The SMILES string of the molecule is Cc1c(O)c(CCCc2ccc(Nc3c4ccccc4nc4ccccc34)cc2)n2c1CCC2. The molecule has 1 aliphatic heterocycles. The zero-order valence-electron chi connectivity index (χ0n) is 19.5. The summed E-state index contributed by atoms with van der Waals surface area (Å²) in [6.07, 6.45) is 5.24. The molecule has 0 saturated heterocycles. The van der Waals surface area contributed by atoms with Crippen molar-refractivity contribution in [3.05, 3.63) is 95.3 Å². The van der Waals surface area contributed by atoms with Crippen molar-refractivity contribution in [3.63, 3.8) is 0 Å². The predicted octanol–water partition coefficient (Wildman–Crippen LogP) is 7.07. The molecule has 0 fully saturated rings. The maximum absolute atomic E-state index is 10.6. The van der Waals surface area contributed by atoms with Crippen molar-refractivity contribution in [2.75, 3.05) is 5.32 Å². The molecule has 4 heteroatoms. The van der Waals surface area contributed by atoms with Crippen molar-refractivity contribution in [1.82, 2.24) is 9.55 Å². The van der Waals surface area contributed by atoms with Crippen molar-refractivity contribution >= 4 is 33.2 Å². The molecule has 2 N–H and O–H groups in total. The molecule has 3 aromatic carbocycles. The normalized spacial score (nSPS) is 13.0. The molecule has 34 heavy (non-hydrogen) atoms. The molecule has 0 unspecified atom stereocenters. The summed E-state index contributed by atoms with van der Waals surface area (Å²) in [6, 6.07) is 25.3. The standard InChI is InChI=1S/C30H29N3O/c1-20-27-14-7-19-33(27)28(30(20)34)13-6-8-21-15-17-22(18-16-21)31-29-23-9-2-4-11-25(23)32-26-12-5-3-10-24(26)29/h2-5,9-12,15-18,34H,6-8,13-14,19H2,1H3,(H,31,32). The molecule has 0 spiro atoms. The van der Waals surface area contributed by atoms with E-state index in [-0.39, 0.29) is 0 Å². The van der Waals surface area contributed by atoms with E-state index in [0.717, 1.165) is 76.7 Å². The van der Waals surface area contributed by atoms with Crippen LogP contribution in [0.4, 0.5) is 11.4 Å². The van der Waals surface area contributed by atoms with Gasteiger partial charge >= 0.3 is 0 Å². The predicted molar refractivity (Wildman–Crippen MR) is 140 cm³/mol. The molecular weight excluding hydrogens is 418 g/mol. The van der Waals surface area contributed by atoms with Crippen LogP contribution in [0.3, 0.4) is 0 Å². The van der Waals surface area contributed by atoms with Crippen molar-refractivity contribution < 1.29 is 5.11 Å². The number of nitrogens with one attached hydrogen (secondary N) is 1. The lowest BCUT2D eigenvalue weighted by molar-refractivity contribution is 0.458. The molecule has 0 atom stereocenters. The van der Waals surface area contributed by atoms with Gasteiger partial charge in [-0.1, -0.05) is 48.5 Å². The summed E-state index contributed by atoms with van der Waals surface area (Å²) >= 11 is 0. The molecule has 4 nitrogen and oxygen atoms in total. The third-order valence-electron chi connectivity index (χ3n) is 7.20. The Bertz CT molecular complexity index is 1440. The van der Waals surface area contributed by atoms with Gasteiger partial charge < -0.3 is 15.0 Å². The average molecular weight is 448 g/mol. The number of anilines is 2. The van der Waals surface area contributed by atoms with Crippen LogP contribution >= 0.6 is 0 Å². The van der Waals surface area contributed by atoms with E-state index in [0.29, 0.717) is 5.75 Å². The number of rotatable bonds is 6. The Morgan fingerprint density at radius 3 is 2.26 bits per heavy atom. The van der Waals surface area contributed by atoms with Gasteiger partial charge in [-0.05, 0) is 68.9 Å². The largest absolute Gasteiger partial charge is 0.506 e. The van der Waals surface area contributed by atoms with Crippen molar-refractivity contribution in [2.45, 2.75) is 45.6 Å². The van der Waals surface area contributed by atoms with Crippen LogP contribution in [-0.2, 0) is 25.8 Å². The van der Waals surface area contributed by atoms with Gasteiger partial charge in [-0.3, -0.25) is 0 Å². The summed E-state index contributed by atoms with van der Waals surface area (Å²) in [4.78, 5) is 4.82. The number of hydrogen-bond donors (Lipinski definition) is 2. The Kier molecular flexibility index (Phi) is 5.21. The highest BCUT2D eigenvalue weighted by molar-refractivity contribution is 6.08. The van der Waals surface area contributed by atoms with Crippen molar-refractivity contribution in [2.24, 2.45) is 0 Å². The minimum absolute atomic E-state index is 0.519. The molecule has 0 amide bonds. The molecule has 6 rings (SSSR count). The minimum Gasteiger partial charge on any atom is -0.506 e. The quantitative estimate of drug-likeness (QED) is 0.274. The Morgan fingerprint density at radius 1 is 0.882 bits per heavy atom. The monoisotopic (exact) mass is 447 g/mol. The van der Waals surface area contributed by atoms with Gasteiger partial charge in [0.25, 0.3) is 0 Å². The summed E-state index contributed by atoms with van der Waals surface area (Å²) in [6.45, 7) is 3.10. The topological polar surface area (TPSA) is 50.1 Å². The van der Waals surface area contributed by atoms with Gasteiger partial charge in [0, 0.05) is 34.3 Å². The van der Waals surface area contributed by atoms with E-state index in [1.807, 2.05) is 12.1 Å². The Hall–Kier alpha value is -3.79. The molecule has 2 aromatic heterocycles. The van der Waals surface area contributed by atoms with Crippen LogP contribution in [0.2, 0.25) is 0 Å². The van der Waals surface area contributed by atoms with E-state index in [2.05, 4.69) is 77.5 Å². The van der Waals surface area contributed by atoms with Crippen LogP contribution in [0.15, 0.2) is 72.8 Å². The maximum atomic E-state index is 10.6. The van der Waals surface area contributed by atoms with Crippen molar-refractivity contribution in [3.8, 4) is 5.75 Å². The fourth-order valence-corrected chi connectivity index (χ4v) is 5.43. The number of fused-ring (bicyclic) bond motifs is 3. The van der Waals surface area contributed by atoms with Gasteiger partial charge in [0.1, 0.15) is 5.75 Å². The van der Waals surface area contributed by atoms with E-state index in [4.69, 9.17) is 4.98 Å². The summed E-state index contributed by atoms with van der Waals surface area (Å²) < 4.78 is 2.35. The third kappa shape index (κ3) is 3.60. The average Bonchev–Trinajstić information content (AvgIpc) is 3.43. The van der Waals surface area contributed by atoms with Gasteiger partial charge in [0.2, 0.25) is 0 Å². The van der Waals surface area contributed by atoms with Gasteiger partial charge in [0.15, 0.2) is 0 Å². The molecule has 0 aliphatic carbocycles. The highest BCUT2D eigenvalue weighted by Gasteiger charge is 2.22. The highest BCUT2D eigenvalue weighted by Crippen LogP contribution is 2.35. The van der Waals surface area contributed by atoms with Gasteiger partial charge in [-0.25, -0.2) is 4.98 Å². The molecule has 0 radical (unpaired) electrons. The van der Waals surface area contributed by atoms with Gasteiger partial charge in [0.05, 0.1) is 22.4 Å².